The number of carboxylic acid groups (broad SMARTS) is 2. The molecule has 0 spiro atoms. The number of fused-ring (bicyclic) bond motifs is 1. The maximum Gasteiger partial charge on any atom is 0.229 e. The normalized spacial score (nSPS) is 14.0. The van der Waals surface area contributed by atoms with Gasteiger partial charge in [-0.3, -0.25) is 4.90 Å². The fourth-order valence-electron chi connectivity index (χ4n) is 3.43. The van der Waals surface area contributed by atoms with E-state index in [1.807, 2.05) is 24.3 Å². The van der Waals surface area contributed by atoms with Gasteiger partial charge in [-0.1, -0.05) is 44.1 Å². The minimum Gasteiger partial charge on any atom is -0.545 e. The highest BCUT2D eigenvalue weighted by atomic mass is 16.5. The molecule has 0 bridgehead atoms. The van der Waals surface area contributed by atoms with Crippen molar-refractivity contribution in [1.82, 2.24) is 14.9 Å². The molecule has 0 unspecified atom stereocenters. The van der Waals surface area contributed by atoms with Gasteiger partial charge >= 0.3 is 0 Å². The lowest BCUT2D eigenvalue weighted by Gasteiger charge is -2.34. The van der Waals surface area contributed by atoms with Crippen LogP contribution in [0.2, 0.25) is 0 Å². The van der Waals surface area contributed by atoms with Crippen LogP contribution in [-0.4, -0.2) is 66.1 Å². The number of para-hydroxylation sites is 1. The zero-order valence-corrected chi connectivity index (χ0v) is 19.9. The van der Waals surface area contributed by atoms with Crippen LogP contribution in [0.3, 0.4) is 0 Å². The third-order valence-electron chi connectivity index (χ3n) is 5.05. The highest BCUT2D eigenvalue weighted by Crippen LogP contribution is 2.26. The van der Waals surface area contributed by atoms with Gasteiger partial charge in [-0.25, -0.2) is 4.98 Å². The molecule has 0 amide bonds. The number of ether oxygens (including phenoxy) is 1. The molecule has 1 aromatic carbocycles. The number of hydrogen-bond acceptors (Lipinski definition) is 9. The van der Waals surface area contributed by atoms with Gasteiger partial charge in [0.2, 0.25) is 11.8 Å². The first kappa shape index (κ1) is 26.8. The Hall–Kier alpha value is -3.46. The minimum atomic E-state index is -1.55. The monoisotopic (exact) mass is 468 g/mol. The van der Waals surface area contributed by atoms with Gasteiger partial charge < -0.3 is 29.4 Å². The molecule has 2 aromatic rings. The molecule has 1 aliphatic heterocycles. The summed E-state index contributed by atoms with van der Waals surface area (Å²) in [5.74, 6) is -1.60. The molecule has 0 aliphatic carbocycles. The molecule has 0 saturated carbocycles. The number of aliphatic carboxylic acids is 2. The minimum absolute atomic E-state index is 0.384. The summed E-state index contributed by atoms with van der Waals surface area (Å²) >= 11 is 0. The van der Waals surface area contributed by atoms with E-state index in [1.165, 1.54) is 18.4 Å². The standard InChI is InChI=1S/C21H30N4O.C4H4O4/c1-4-5-8-15-26-20-18-9-6-7-10-19(18)22-21(23-20)25-13-11-24(12-14-25)16-17(2)3;5-3(6)1-2-4(7)8/h6-7,9-10H,2,4-5,8,11-16H2,1,3H3;1-2H,(H,5,6)(H,7,8)/p-2. The topological polar surface area (TPSA) is 122 Å². The summed E-state index contributed by atoms with van der Waals surface area (Å²) in [6.07, 6.45) is 4.20. The van der Waals surface area contributed by atoms with Crippen LogP contribution in [0.4, 0.5) is 5.95 Å². The molecular formula is C25H32N4O5-2. The Kier molecular flexibility index (Phi) is 11.0. The highest BCUT2D eigenvalue weighted by Gasteiger charge is 2.20. The van der Waals surface area contributed by atoms with Crippen LogP contribution in [0.15, 0.2) is 48.6 Å². The lowest BCUT2D eigenvalue weighted by Crippen LogP contribution is -2.47. The molecule has 1 saturated heterocycles. The number of rotatable bonds is 10. The quantitative estimate of drug-likeness (QED) is 0.285. The molecule has 3 rings (SSSR count). The Bertz CT molecular complexity index is 984. The number of aromatic nitrogens is 2. The first-order chi connectivity index (χ1) is 16.3. The van der Waals surface area contributed by atoms with Crippen LogP contribution in [-0.2, 0) is 9.59 Å². The molecule has 34 heavy (non-hydrogen) atoms. The van der Waals surface area contributed by atoms with Gasteiger partial charge in [0, 0.05) is 32.7 Å². The van der Waals surface area contributed by atoms with E-state index < -0.39 is 11.9 Å². The lowest BCUT2D eigenvalue weighted by molar-refractivity contribution is -0.301. The molecule has 0 atom stereocenters. The Labute approximate surface area is 200 Å². The fraction of sp³-hybridized carbons (Fsp3) is 0.440. The Balaban J connectivity index is 0.000000440. The van der Waals surface area contributed by atoms with E-state index in [-0.39, 0.29) is 0 Å². The summed E-state index contributed by atoms with van der Waals surface area (Å²) in [5.41, 5.74) is 2.16. The summed E-state index contributed by atoms with van der Waals surface area (Å²) in [6, 6.07) is 8.11. The first-order valence-corrected chi connectivity index (χ1v) is 11.4. The van der Waals surface area contributed by atoms with Crippen molar-refractivity contribution >= 4 is 28.8 Å². The fourth-order valence-corrected chi connectivity index (χ4v) is 3.43. The molecule has 0 N–H and O–H groups in total. The zero-order chi connectivity index (χ0) is 24.9. The summed E-state index contributed by atoms with van der Waals surface area (Å²) in [5, 5.41) is 19.8. The van der Waals surface area contributed by atoms with Gasteiger partial charge in [0.1, 0.15) is 0 Å². The number of piperazine rings is 1. The molecule has 184 valence electrons. The molecular weight excluding hydrogens is 436 g/mol. The summed E-state index contributed by atoms with van der Waals surface area (Å²) in [4.78, 5) is 33.1. The molecule has 9 heteroatoms. The number of anilines is 1. The zero-order valence-electron chi connectivity index (χ0n) is 19.9. The van der Waals surface area contributed by atoms with Gasteiger partial charge in [0.05, 0.1) is 29.4 Å². The second-order valence-corrected chi connectivity index (χ2v) is 8.09. The van der Waals surface area contributed by atoms with E-state index in [2.05, 4.69) is 30.2 Å². The van der Waals surface area contributed by atoms with Crippen LogP contribution in [0.5, 0.6) is 5.88 Å². The van der Waals surface area contributed by atoms with Crippen molar-refractivity contribution in [1.29, 1.82) is 0 Å². The number of hydrogen-bond donors (Lipinski definition) is 0. The van der Waals surface area contributed by atoms with E-state index in [0.717, 1.165) is 56.0 Å². The van der Waals surface area contributed by atoms with E-state index in [4.69, 9.17) is 14.7 Å². The molecule has 1 fully saturated rings. The Morgan fingerprint density at radius 1 is 1.06 bits per heavy atom. The first-order valence-electron chi connectivity index (χ1n) is 11.4. The third-order valence-corrected chi connectivity index (χ3v) is 5.05. The van der Waals surface area contributed by atoms with Crippen molar-refractivity contribution in [3.05, 3.63) is 48.6 Å². The SMILES string of the molecule is C=C(C)CN1CCN(c2nc(OCCCCC)c3ccccc3n2)CC1.O=C([O-])C=CC(=O)[O-]. The van der Waals surface area contributed by atoms with Crippen molar-refractivity contribution in [3.63, 3.8) is 0 Å². The van der Waals surface area contributed by atoms with Crippen molar-refractivity contribution in [3.8, 4) is 5.88 Å². The maximum absolute atomic E-state index is 9.41. The second-order valence-electron chi connectivity index (χ2n) is 8.09. The Morgan fingerprint density at radius 3 is 2.29 bits per heavy atom. The maximum atomic E-state index is 9.41. The number of carbonyl (C=O) groups is 2. The van der Waals surface area contributed by atoms with Gasteiger partial charge in [-0.05, 0) is 37.6 Å². The van der Waals surface area contributed by atoms with Crippen molar-refractivity contribution in [2.24, 2.45) is 0 Å². The molecule has 9 nitrogen and oxygen atoms in total. The number of unbranched alkanes of at least 4 members (excludes halogenated alkanes) is 2. The van der Waals surface area contributed by atoms with Crippen LogP contribution in [0.1, 0.15) is 33.1 Å². The number of carbonyl (C=O) groups excluding carboxylic acids is 2. The van der Waals surface area contributed by atoms with Crippen LogP contribution >= 0.6 is 0 Å². The lowest BCUT2D eigenvalue weighted by atomic mass is 10.2. The number of nitrogens with zero attached hydrogens (tertiary/aromatic N) is 4. The van der Waals surface area contributed by atoms with Crippen molar-refractivity contribution < 1.29 is 24.5 Å². The van der Waals surface area contributed by atoms with E-state index in [1.54, 1.807) is 0 Å². The average Bonchev–Trinajstić information content (AvgIpc) is 2.81. The predicted molar refractivity (Wildman–Crippen MR) is 127 cm³/mol. The second kappa shape index (κ2) is 13.9. The van der Waals surface area contributed by atoms with Gasteiger partial charge in [-0.2, -0.15) is 4.98 Å². The van der Waals surface area contributed by atoms with Crippen LogP contribution in [0, 0.1) is 0 Å². The van der Waals surface area contributed by atoms with Crippen molar-refractivity contribution in [2.45, 2.75) is 33.1 Å². The summed E-state index contributed by atoms with van der Waals surface area (Å²) in [7, 11) is 0. The highest BCUT2D eigenvalue weighted by molar-refractivity contribution is 5.87. The van der Waals surface area contributed by atoms with Crippen LogP contribution < -0.4 is 19.8 Å². The smallest absolute Gasteiger partial charge is 0.229 e. The number of benzene rings is 1. The van der Waals surface area contributed by atoms with E-state index in [0.29, 0.717) is 24.6 Å². The largest absolute Gasteiger partial charge is 0.545 e. The van der Waals surface area contributed by atoms with Gasteiger partial charge in [-0.15, -0.1) is 0 Å². The predicted octanol–water partition coefficient (Wildman–Crippen LogP) is 0.939. The number of carboxylic acids is 2. The van der Waals surface area contributed by atoms with Crippen LogP contribution in [0.25, 0.3) is 10.9 Å². The summed E-state index contributed by atoms with van der Waals surface area (Å²) < 4.78 is 6.03. The molecule has 2 heterocycles. The molecule has 1 aromatic heterocycles. The molecule has 0 radical (unpaired) electrons. The average molecular weight is 469 g/mol. The van der Waals surface area contributed by atoms with E-state index >= 15 is 0 Å². The van der Waals surface area contributed by atoms with Gasteiger partial charge in [0.25, 0.3) is 0 Å². The molecule has 1 aliphatic rings. The Morgan fingerprint density at radius 2 is 1.71 bits per heavy atom. The van der Waals surface area contributed by atoms with Gasteiger partial charge in [0.15, 0.2) is 0 Å². The van der Waals surface area contributed by atoms with Crippen molar-refractivity contribution in [2.75, 3.05) is 44.2 Å². The third kappa shape index (κ3) is 9.19. The van der Waals surface area contributed by atoms with E-state index in [9.17, 15) is 19.8 Å². The summed E-state index contributed by atoms with van der Waals surface area (Å²) in [6.45, 7) is 13.9.